The zero-order valence-electron chi connectivity index (χ0n) is 8.17. The molecule has 0 bridgehead atoms. The summed E-state index contributed by atoms with van der Waals surface area (Å²) in [5, 5.41) is 17.2. The second-order valence-electron chi connectivity index (χ2n) is 3.14. The van der Waals surface area contributed by atoms with E-state index in [4.69, 9.17) is 10.2 Å². The maximum atomic E-state index is 11.2. The van der Waals surface area contributed by atoms with Crippen molar-refractivity contribution >= 4 is 27.2 Å². The Kier molecular flexibility index (Phi) is 6.05. The Balaban J connectivity index is 4.04. The van der Waals surface area contributed by atoms with Gasteiger partial charge in [0.25, 0.3) is 0 Å². The summed E-state index contributed by atoms with van der Waals surface area (Å²) < 4.78 is 4.31. The zero-order valence-corrected chi connectivity index (χ0v) is 9.33. The van der Waals surface area contributed by atoms with Crippen LogP contribution >= 0.6 is 9.47 Å². The molecule has 0 radical (unpaired) electrons. The molecule has 0 amide bonds. The average molecular weight is 236 g/mol. The van der Waals surface area contributed by atoms with Crippen LogP contribution in [0.2, 0.25) is 0 Å². The van der Waals surface area contributed by atoms with Crippen LogP contribution in [-0.2, 0) is 18.9 Å². The van der Waals surface area contributed by atoms with Crippen LogP contribution in [0.5, 0.6) is 0 Å². The first-order chi connectivity index (χ1) is 6.88. The molecule has 0 saturated heterocycles. The molecule has 0 saturated carbocycles. The third-order valence-corrected chi connectivity index (χ3v) is 1.99. The lowest BCUT2D eigenvalue weighted by Gasteiger charge is -2.08. The predicted molar refractivity (Wildman–Crippen MR) is 52.8 cm³/mol. The van der Waals surface area contributed by atoms with Gasteiger partial charge in [-0.15, -0.1) is 0 Å². The number of rotatable bonds is 6. The number of hydrogen-bond donors (Lipinski definition) is 2. The van der Waals surface area contributed by atoms with Crippen molar-refractivity contribution in [1.29, 1.82) is 0 Å². The van der Waals surface area contributed by atoms with Crippen LogP contribution in [0.15, 0.2) is 0 Å². The number of aliphatic carboxylic acids is 1. The summed E-state index contributed by atoms with van der Waals surface area (Å²) in [4.78, 5) is 32.3. The highest BCUT2D eigenvalue weighted by molar-refractivity contribution is 7.10. The number of aliphatic hydroxyl groups is 1. The molecule has 2 N–H and O–H groups in total. The van der Waals surface area contributed by atoms with Gasteiger partial charge in [-0.1, -0.05) is 6.92 Å². The van der Waals surface area contributed by atoms with Gasteiger partial charge in [0.15, 0.2) is 6.10 Å². The lowest BCUT2D eigenvalue weighted by molar-refractivity contribution is -0.149. The van der Waals surface area contributed by atoms with Crippen molar-refractivity contribution in [3.63, 3.8) is 0 Å². The molecule has 0 aromatic heterocycles. The molecule has 0 rings (SSSR count). The number of carboxylic acid groups (broad SMARTS) is 1. The van der Waals surface area contributed by atoms with Crippen molar-refractivity contribution in [2.45, 2.75) is 25.9 Å². The average Bonchev–Trinajstić information content (AvgIpc) is 2.15. The van der Waals surface area contributed by atoms with Crippen LogP contribution in [-0.4, -0.2) is 34.0 Å². The molecule has 0 aliphatic heterocycles. The standard InChI is InChI=1S/C8H13O6P/c1-4(8(13)14-15)2-5(9)3-6(10)7(11)12/h4,6,10H,2-3,15H2,1H3,(H,11,12)/t4-,6+/m1/s1. The van der Waals surface area contributed by atoms with Gasteiger partial charge in [-0.2, -0.15) is 0 Å². The zero-order chi connectivity index (χ0) is 12.0. The van der Waals surface area contributed by atoms with Crippen LogP contribution in [0.3, 0.4) is 0 Å². The van der Waals surface area contributed by atoms with E-state index in [1.54, 1.807) is 9.47 Å². The maximum Gasteiger partial charge on any atom is 0.332 e. The number of aliphatic hydroxyl groups excluding tert-OH is 1. The fraction of sp³-hybridized carbons (Fsp3) is 0.625. The molecule has 0 spiro atoms. The molecule has 1 unspecified atom stereocenters. The van der Waals surface area contributed by atoms with Crippen molar-refractivity contribution in [2.75, 3.05) is 0 Å². The molecule has 6 nitrogen and oxygen atoms in total. The van der Waals surface area contributed by atoms with Crippen LogP contribution in [0.4, 0.5) is 0 Å². The van der Waals surface area contributed by atoms with Crippen LogP contribution in [0, 0.1) is 5.92 Å². The van der Waals surface area contributed by atoms with Gasteiger partial charge in [0.2, 0.25) is 0 Å². The Labute approximate surface area is 88.9 Å². The smallest absolute Gasteiger partial charge is 0.332 e. The minimum Gasteiger partial charge on any atom is -0.479 e. The van der Waals surface area contributed by atoms with Crippen molar-refractivity contribution < 1.29 is 29.1 Å². The monoisotopic (exact) mass is 236 g/mol. The molecule has 3 atom stereocenters. The van der Waals surface area contributed by atoms with Crippen molar-refractivity contribution in [2.24, 2.45) is 5.92 Å². The third-order valence-electron chi connectivity index (χ3n) is 1.76. The summed E-state index contributed by atoms with van der Waals surface area (Å²) in [6.07, 6.45) is -2.35. The lowest BCUT2D eigenvalue weighted by atomic mass is 10.0. The van der Waals surface area contributed by atoms with Crippen molar-refractivity contribution in [1.82, 2.24) is 0 Å². The van der Waals surface area contributed by atoms with Gasteiger partial charge in [-0.05, 0) is 0 Å². The lowest BCUT2D eigenvalue weighted by Crippen LogP contribution is -2.25. The summed E-state index contributed by atoms with van der Waals surface area (Å²) in [5.74, 6) is -3.16. The number of carbonyl (C=O) groups is 3. The Morgan fingerprint density at radius 3 is 2.27 bits per heavy atom. The fourth-order valence-electron chi connectivity index (χ4n) is 0.927. The van der Waals surface area contributed by atoms with E-state index < -0.39 is 36.2 Å². The Morgan fingerprint density at radius 2 is 1.87 bits per heavy atom. The van der Waals surface area contributed by atoms with Crippen LogP contribution in [0.25, 0.3) is 0 Å². The third kappa shape index (κ3) is 5.44. The second-order valence-corrected chi connectivity index (χ2v) is 3.37. The van der Waals surface area contributed by atoms with Crippen molar-refractivity contribution in [3.8, 4) is 0 Å². The first-order valence-corrected chi connectivity index (χ1v) is 4.68. The summed E-state index contributed by atoms with van der Waals surface area (Å²) in [5.41, 5.74) is 0. The van der Waals surface area contributed by atoms with Crippen LogP contribution < -0.4 is 0 Å². The fourth-order valence-corrected chi connectivity index (χ4v) is 1.16. The Morgan fingerprint density at radius 1 is 1.33 bits per heavy atom. The Hall–Kier alpha value is -1.000. The predicted octanol–water partition coefficient (Wildman–Crippen LogP) is -0.249. The molecule has 0 fully saturated rings. The van der Waals surface area contributed by atoms with Gasteiger partial charge >= 0.3 is 11.9 Å². The number of carboxylic acids is 1. The van der Waals surface area contributed by atoms with E-state index in [9.17, 15) is 14.4 Å². The van der Waals surface area contributed by atoms with E-state index in [0.29, 0.717) is 0 Å². The molecule has 86 valence electrons. The number of hydrogen-bond acceptors (Lipinski definition) is 5. The maximum absolute atomic E-state index is 11.2. The minimum absolute atomic E-state index is 0.141. The van der Waals surface area contributed by atoms with E-state index in [-0.39, 0.29) is 6.42 Å². The first kappa shape index (κ1) is 14.0. The minimum atomic E-state index is -1.71. The molecule has 7 heteroatoms. The molecule has 0 aromatic carbocycles. The van der Waals surface area contributed by atoms with Gasteiger partial charge in [-0.3, -0.25) is 9.59 Å². The van der Waals surface area contributed by atoms with E-state index in [2.05, 4.69) is 4.52 Å². The molecular formula is C8H13O6P. The normalized spacial score (nSPS) is 14.1. The summed E-state index contributed by atoms with van der Waals surface area (Å²) in [6.45, 7) is 1.48. The van der Waals surface area contributed by atoms with E-state index in [1.165, 1.54) is 6.92 Å². The SMILES string of the molecule is C[C@H](CC(=O)C[C@H](O)C(=O)O)C(=O)OP. The molecule has 0 aliphatic rings. The molecular weight excluding hydrogens is 223 g/mol. The van der Waals surface area contributed by atoms with Crippen molar-refractivity contribution in [3.05, 3.63) is 0 Å². The van der Waals surface area contributed by atoms with Gasteiger partial charge < -0.3 is 14.7 Å². The largest absolute Gasteiger partial charge is 0.479 e. The summed E-state index contributed by atoms with van der Waals surface area (Å²) >= 11 is 0. The van der Waals surface area contributed by atoms with Gasteiger partial charge in [-0.25, -0.2) is 4.79 Å². The number of ketones is 1. The van der Waals surface area contributed by atoms with E-state index in [0.717, 1.165) is 0 Å². The Bertz CT molecular complexity index is 264. The van der Waals surface area contributed by atoms with Gasteiger partial charge in [0.05, 0.1) is 15.4 Å². The van der Waals surface area contributed by atoms with Gasteiger partial charge in [0.1, 0.15) is 5.78 Å². The summed E-state index contributed by atoms with van der Waals surface area (Å²) in [6, 6.07) is 0. The first-order valence-electron chi connectivity index (χ1n) is 4.21. The quantitative estimate of drug-likeness (QED) is 0.617. The molecule has 0 heterocycles. The molecule has 0 aliphatic carbocycles. The van der Waals surface area contributed by atoms with E-state index in [1.807, 2.05) is 0 Å². The number of Topliss-reactive ketones (excluding diaryl/α,β-unsaturated/α-hetero) is 1. The molecule has 15 heavy (non-hydrogen) atoms. The van der Waals surface area contributed by atoms with E-state index >= 15 is 0 Å². The highest BCUT2D eigenvalue weighted by Crippen LogP contribution is 2.10. The highest BCUT2D eigenvalue weighted by Gasteiger charge is 2.22. The van der Waals surface area contributed by atoms with Crippen LogP contribution in [0.1, 0.15) is 19.8 Å². The van der Waals surface area contributed by atoms with Gasteiger partial charge in [0, 0.05) is 12.8 Å². The number of carbonyl (C=O) groups excluding carboxylic acids is 2. The molecule has 0 aromatic rings. The topological polar surface area (TPSA) is 101 Å². The summed E-state index contributed by atoms with van der Waals surface area (Å²) in [7, 11) is 1.77. The highest BCUT2D eigenvalue weighted by atomic mass is 31.0. The second kappa shape index (κ2) is 6.48.